The number of carboxylic acids is 1. The Balaban J connectivity index is 2.32. The van der Waals surface area contributed by atoms with E-state index in [0.717, 1.165) is 0 Å². The molecule has 2 rings (SSSR count). The minimum Gasteiger partial charge on any atom is -0.477 e. The zero-order chi connectivity index (χ0) is 11.2. The molecule has 1 N–H and O–H groups in total. The molecule has 82 valence electrons. The number of β-lactam (4-membered cyclic amide) rings is 1. The smallest absolute Gasteiger partial charge is 0.353 e. The van der Waals surface area contributed by atoms with Gasteiger partial charge < -0.3 is 9.84 Å². The summed E-state index contributed by atoms with van der Waals surface area (Å²) in [4.78, 5) is 24.6. The summed E-state index contributed by atoms with van der Waals surface area (Å²) in [6.07, 6.45) is -0.472. The number of carboxylic acid groups (broad SMARTS) is 1. The lowest BCUT2D eigenvalue weighted by molar-refractivity contribution is -0.167. The number of ether oxygens (including phenoxy) is 1. The van der Waals surface area contributed by atoms with E-state index in [2.05, 4.69) is 0 Å². The van der Waals surface area contributed by atoms with Crippen LogP contribution in [-0.4, -0.2) is 46.9 Å². The molecular weight excluding hydrogens is 218 g/mol. The summed E-state index contributed by atoms with van der Waals surface area (Å²) in [6.45, 7) is 1.72. The molecule has 2 aliphatic heterocycles. The number of nitrogens with zero attached hydrogens (tertiary/aromatic N) is 1. The molecule has 2 atom stereocenters. The molecule has 5 nitrogen and oxygen atoms in total. The van der Waals surface area contributed by atoms with E-state index in [1.165, 1.54) is 23.8 Å². The van der Waals surface area contributed by atoms with Gasteiger partial charge in [-0.25, -0.2) is 4.79 Å². The SMILES string of the molecule is CO[C@@H]1C(=O)N2C(C(=O)O)=C(C)SC[C@H]12. The number of amides is 1. The predicted molar refractivity (Wildman–Crippen MR) is 54.2 cm³/mol. The van der Waals surface area contributed by atoms with Crippen LogP contribution in [-0.2, 0) is 14.3 Å². The summed E-state index contributed by atoms with van der Waals surface area (Å²) in [5, 5.41) is 9.00. The van der Waals surface area contributed by atoms with Gasteiger partial charge in [0.25, 0.3) is 5.91 Å². The molecule has 1 amide bonds. The Hall–Kier alpha value is -1.01. The fourth-order valence-electron chi connectivity index (χ4n) is 1.92. The van der Waals surface area contributed by atoms with Crippen LogP contribution in [0.3, 0.4) is 0 Å². The minimum absolute atomic E-state index is 0.106. The van der Waals surface area contributed by atoms with E-state index < -0.39 is 12.1 Å². The topological polar surface area (TPSA) is 66.8 Å². The minimum atomic E-state index is -1.05. The largest absolute Gasteiger partial charge is 0.477 e. The van der Waals surface area contributed by atoms with Gasteiger partial charge in [-0.15, -0.1) is 11.8 Å². The number of thioether (sulfide) groups is 1. The summed E-state index contributed by atoms with van der Waals surface area (Å²) >= 11 is 1.46. The van der Waals surface area contributed by atoms with Crippen molar-refractivity contribution in [1.29, 1.82) is 0 Å². The van der Waals surface area contributed by atoms with Gasteiger partial charge in [-0.1, -0.05) is 0 Å². The van der Waals surface area contributed by atoms with Gasteiger partial charge in [0, 0.05) is 17.8 Å². The Bertz CT molecular complexity index is 365. The van der Waals surface area contributed by atoms with Crippen LogP contribution in [0.5, 0.6) is 0 Å². The van der Waals surface area contributed by atoms with E-state index in [0.29, 0.717) is 10.7 Å². The molecule has 0 spiro atoms. The molecule has 0 aromatic rings. The van der Waals surface area contributed by atoms with Crippen molar-refractivity contribution >= 4 is 23.6 Å². The molecule has 6 heteroatoms. The summed E-state index contributed by atoms with van der Waals surface area (Å²) in [6, 6.07) is -0.123. The molecule has 0 aliphatic carbocycles. The van der Waals surface area contributed by atoms with Gasteiger partial charge in [0.05, 0.1) is 6.04 Å². The van der Waals surface area contributed by atoms with Crippen molar-refractivity contribution in [3.05, 3.63) is 10.6 Å². The maximum absolute atomic E-state index is 11.6. The van der Waals surface area contributed by atoms with Gasteiger partial charge in [-0.2, -0.15) is 0 Å². The zero-order valence-electron chi connectivity index (χ0n) is 8.39. The van der Waals surface area contributed by atoms with E-state index >= 15 is 0 Å². The second-order valence-electron chi connectivity index (χ2n) is 3.45. The summed E-state index contributed by atoms with van der Waals surface area (Å²) in [5.74, 6) is -0.598. The number of aliphatic carboxylic acids is 1. The average molecular weight is 229 g/mol. The quantitative estimate of drug-likeness (QED) is 0.689. The van der Waals surface area contributed by atoms with Crippen LogP contribution in [0.2, 0.25) is 0 Å². The summed E-state index contributed by atoms with van der Waals surface area (Å²) in [7, 11) is 1.47. The van der Waals surface area contributed by atoms with Crippen LogP contribution >= 0.6 is 11.8 Å². The van der Waals surface area contributed by atoms with Gasteiger partial charge >= 0.3 is 5.97 Å². The van der Waals surface area contributed by atoms with Crippen LogP contribution in [0, 0.1) is 0 Å². The fraction of sp³-hybridized carbons (Fsp3) is 0.556. The fourth-order valence-corrected chi connectivity index (χ4v) is 2.98. The van der Waals surface area contributed by atoms with Crippen molar-refractivity contribution in [3.8, 4) is 0 Å². The monoisotopic (exact) mass is 229 g/mol. The molecule has 15 heavy (non-hydrogen) atoms. The highest BCUT2D eigenvalue weighted by molar-refractivity contribution is 8.03. The second kappa shape index (κ2) is 3.53. The number of allylic oxidation sites excluding steroid dienone is 1. The van der Waals surface area contributed by atoms with Crippen molar-refractivity contribution in [3.63, 3.8) is 0 Å². The van der Waals surface area contributed by atoms with E-state index in [4.69, 9.17) is 9.84 Å². The third-order valence-electron chi connectivity index (χ3n) is 2.66. The van der Waals surface area contributed by atoms with Gasteiger partial charge in [0.2, 0.25) is 0 Å². The van der Waals surface area contributed by atoms with Crippen LogP contribution in [0.25, 0.3) is 0 Å². The Morgan fingerprint density at radius 2 is 2.33 bits per heavy atom. The maximum Gasteiger partial charge on any atom is 0.353 e. The third-order valence-corrected chi connectivity index (χ3v) is 3.80. The van der Waals surface area contributed by atoms with Gasteiger partial charge in [0.15, 0.2) is 6.10 Å². The molecule has 0 aromatic carbocycles. The molecule has 2 aliphatic rings. The Morgan fingerprint density at radius 1 is 1.67 bits per heavy atom. The number of hydrogen-bond acceptors (Lipinski definition) is 4. The number of methoxy groups -OCH3 is 1. The van der Waals surface area contributed by atoms with E-state index in [1.807, 2.05) is 0 Å². The second-order valence-corrected chi connectivity index (χ2v) is 4.69. The first-order valence-corrected chi connectivity index (χ1v) is 5.49. The number of carbonyl (C=O) groups excluding carboxylic acids is 1. The zero-order valence-corrected chi connectivity index (χ0v) is 9.21. The van der Waals surface area contributed by atoms with Crippen LogP contribution < -0.4 is 0 Å². The Kier molecular flexibility index (Phi) is 2.47. The van der Waals surface area contributed by atoms with Crippen molar-refractivity contribution in [2.75, 3.05) is 12.9 Å². The van der Waals surface area contributed by atoms with Crippen molar-refractivity contribution in [2.45, 2.75) is 19.1 Å². The summed E-state index contributed by atoms with van der Waals surface area (Å²) < 4.78 is 5.01. The van der Waals surface area contributed by atoms with E-state index in [-0.39, 0.29) is 17.6 Å². The highest BCUT2D eigenvalue weighted by Crippen LogP contribution is 2.39. The van der Waals surface area contributed by atoms with Crippen LogP contribution in [0.4, 0.5) is 0 Å². The first-order valence-electron chi connectivity index (χ1n) is 4.50. The highest BCUT2D eigenvalue weighted by Gasteiger charge is 2.53. The molecular formula is C9H11NO4S. The maximum atomic E-state index is 11.6. The number of carbonyl (C=O) groups is 2. The van der Waals surface area contributed by atoms with E-state index in [9.17, 15) is 9.59 Å². The van der Waals surface area contributed by atoms with Gasteiger partial charge in [-0.3, -0.25) is 9.69 Å². The number of fused-ring (bicyclic) bond motifs is 1. The molecule has 1 saturated heterocycles. The Labute approximate surface area is 91.1 Å². The highest BCUT2D eigenvalue weighted by atomic mass is 32.2. The molecule has 2 heterocycles. The van der Waals surface area contributed by atoms with Crippen molar-refractivity contribution in [1.82, 2.24) is 4.90 Å². The standard InChI is InChI=1S/C9H11NO4S/c1-4-6(9(12)13)10-5(3-15-4)7(14-2)8(10)11/h5,7H,3H2,1-2H3,(H,12,13)/t5-,7+/m1/s1. The normalized spacial score (nSPS) is 30.0. The van der Waals surface area contributed by atoms with Crippen molar-refractivity contribution < 1.29 is 19.4 Å². The summed E-state index contributed by atoms with van der Waals surface area (Å²) in [5.41, 5.74) is 0.106. The molecule has 1 fully saturated rings. The molecule has 0 saturated carbocycles. The van der Waals surface area contributed by atoms with Crippen LogP contribution in [0.1, 0.15) is 6.92 Å². The Morgan fingerprint density at radius 3 is 2.87 bits per heavy atom. The first-order chi connectivity index (χ1) is 7.07. The average Bonchev–Trinajstić information content (AvgIpc) is 2.18. The first kappa shape index (κ1) is 10.5. The number of rotatable bonds is 2. The third kappa shape index (κ3) is 1.36. The molecule has 0 unspecified atom stereocenters. The van der Waals surface area contributed by atoms with Gasteiger partial charge in [0.1, 0.15) is 5.70 Å². The molecule has 0 radical (unpaired) electrons. The molecule has 0 bridgehead atoms. The van der Waals surface area contributed by atoms with E-state index in [1.54, 1.807) is 6.92 Å². The predicted octanol–water partition coefficient (Wildman–Crippen LogP) is 0.275. The lowest BCUT2D eigenvalue weighted by atomic mass is 9.98. The lowest BCUT2D eigenvalue weighted by Crippen LogP contribution is -2.67. The van der Waals surface area contributed by atoms with Crippen molar-refractivity contribution in [2.24, 2.45) is 0 Å². The van der Waals surface area contributed by atoms with Gasteiger partial charge in [-0.05, 0) is 6.92 Å². The molecule has 0 aromatic heterocycles. The number of hydrogen-bond donors (Lipinski definition) is 1. The lowest BCUT2D eigenvalue weighted by Gasteiger charge is -2.48. The van der Waals surface area contributed by atoms with Crippen LogP contribution in [0.15, 0.2) is 10.6 Å².